The first-order valence-corrected chi connectivity index (χ1v) is 7.05. The zero-order chi connectivity index (χ0) is 10.6. The molecule has 14 heavy (non-hydrogen) atoms. The Labute approximate surface area is 101 Å². The number of esters is 1. The number of carbonyl (C=O) groups is 1. The van der Waals surface area contributed by atoms with Crippen LogP contribution >= 0.6 is 22.6 Å². The summed E-state index contributed by atoms with van der Waals surface area (Å²) in [7, 11) is 0. The molecule has 0 unspecified atom stereocenters. The van der Waals surface area contributed by atoms with E-state index in [9.17, 15) is 4.79 Å². The van der Waals surface area contributed by atoms with Gasteiger partial charge in [0.15, 0.2) is 0 Å². The van der Waals surface area contributed by atoms with E-state index in [0.717, 1.165) is 23.7 Å². The van der Waals surface area contributed by atoms with Gasteiger partial charge in [0.05, 0.1) is 6.61 Å². The SMILES string of the molecule is CCCCCCOC(=O)CCCCI. The van der Waals surface area contributed by atoms with E-state index in [1.54, 1.807) is 0 Å². The van der Waals surface area contributed by atoms with Crippen LogP contribution in [0.4, 0.5) is 0 Å². The fourth-order valence-electron chi connectivity index (χ4n) is 1.15. The van der Waals surface area contributed by atoms with Gasteiger partial charge in [0.1, 0.15) is 0 Å². The fraction of sp³-hybridized carbons (Fsp3) is 0.909. The number of hydrogen-bond acceptors (Lipinski definition) is 2. The lowest BCUT2D eigenvalue weighted by atomic mass is 10.2. The molecule has 2 nitrogen and oxygen atoms in total. The lowest BCUT2D eigenvalue weighted by molar-refractivity contribution is -0.143. The molecule has 0 atom stereocenters. The van der Waals surface area contributed by atoms with Crippen LogP contribution in [0.25, 0.3) is 0 Å². The molecule has 0 aliphatic heterocycles. The number of halogens is 1. The number of alkyl halides is 1. The molecule has 0 aromatic heterocycles. The highest BCUT2D eigenvalue weighted by Crippen LogP contribution is 2.03. The van der Waals surface area contributed by atoms with Gasteiger partial charge < -0.3 is 4.74 Å². The van der Waals surface area contributed by atoms with E-state index >= 15 is 0 Å². The predicted octanol–water partition coefficient (Wildman–Crippen LogP) is 3.72. The fourth-order valence-corrected chi connectivity index (χ4v) is 1.69. The number of unbranched alkanes of at least 4 members (excludes halogenated alkanes) is 4. The largest absolute Gasteiger partial charge is 0.466 e. The molecule has 0 spiro atoms. The first kappa shape index (κ1) is 14.2. The Morgan fingerprint density at radius 2 is 1.93 bits per heavy atom. The van der Waals surface area contributed by atoms with Gasteiger partial charge >= 0.3 is 5.97 Å². The average Bonchev–Trinajstić information content (AvgIpc) is 2.18. The van der Waals surface area contributed by atoms with Gasteiger partial charge in [-0.2, -0.15) is 0 Å². The minimum absolute atomic E-state index is 0.0219. The zero-order valence-electron chi connectivity index (χ0n) is 9.06. The van der Waals surface area contributed by atoms with Crippen molar-refractivity contribution in [2.24, 2.45) is 0 Å². The summed E-state index contributed by atoms with van der Waals surface area (Å²) in [6.45, 7) is 2.79. The second-order valence-electron chi connectivity index (χ2n) is 3.43. The van der Waals surface area contributed by atoms with Crippen LogP contribution in [0.1, 0.15) is 51.9 Å². The van der Waals surface area contributed by atoms with Crippen LogP contribution < -0.4 is 0 Å². The molecule has 0 aromatic rings. The minimum atomic E-state index is -0.0219. The first-order chi connectivity index (χ1) is 6.81. The zero-order valence-corrected chi connectivity index (χ0v) is 11.2. The summed E-state index contributed by atoms with van der Waals surface area (Å²) in [4.78, 5) is 11.1. The summed E-state index contributed by atoms with van der Waals surface area (Å²) in [5.41, 5.74) is 0. The van der Waals surface area contributed by atoms with E-state index in [1.165, 1.54) is 19.3 Å². The summed E-state index contributed by atoms with van der Waals surface area (Å²) in [5.74, 6) is -0.0219. The monoisotopic (exact) mass is 312 g/mol. The van der Waals surface area contributed by atoms with Crippen LogP contribution in [0.15, 0.2) is 0 Å². The van der Waals surface area contributed by atoms with Crippen molar-refractivity contribution in [2.45, 2.75) is 51.9 Å². The summed E-state index contributed by atoms with van der Waals surface area (Å²) in [6, 6.07) is 0. The normalized spacial score (nSPS) is 10.1. The van der Waals surface area contributed by atoms with E-state index in [0.29, 0.717) is 13.0 Å². The third-order valence-electron chi connectivity index (χ3n) is 2.03. The Kier molecular flexibility index (Phi) is 11.4. The molecular weight excluding hydrogens is 291 g/mol. The van der Waals surface area contributed by atoms with Crippen molar-refractivity contribution < 1.29 is 9.53 Å². The molecule has 0 saturated carbocycles. The Bertz CT molecular complexity index is 137. The van der Waals surface area contributed by atoms with Gasteiger partial charge in [0, 0.05) is 6.42 Å². The van der Waals surface area contributed by atoms with Crippen molar-refractivity contribution in [2.75, 3.05) is 11.0 Å². The summed E-state index contributed by atoms with van der Waals surface area (Å²) in [6.07, 6.45) is 7.35. The van der Waals surface area contributed by atoms with E-state index in [4.69, 9.17) is 4.74 Å². The molecule has 0 heterocycles. The Morgan fingerprint density at radius 3 is 2.57 bits per heavy atom. The molecule has 0 aliphatic carbocycles. The Morgan fingerprint density at radius 1 is 1.14 bits per heavy atom. The summed E-state index contributed by atoms with van der Waals surface area (Å²) < 4.78 is 6.22. The highest BCUT2D eigenvalue weighted by molar-refractivity contribution is 14.1. The number of carbonyl (C=O) groups excluding carboxylic acids is 1. The van der Waals surface area contributed by atoms with E-state index in [-0.39, 0.29) is 5.97 Å². The maximum Gasteiger partial charge on any atom is 0.305 e. The molecule has 0 aliphatic rings. The maximum atomic E-state index is 11.1. The second kappa shape index (κ2) is 11.3. The molecule has 84 valence electrons. The van der Waals surface area contributed by atoms with Crippen LogP contribution in [-0.2, 0) is 9.53 Å². The van der Waals surface area contributed by atoms with E-state index in [2.05, 4.69) is 29.5 Å². The van der Waals surface area contributed by atoms with Crippen molar-refractivity contribution >= 4 is 28.6 Å². The second-order valence-corrected chi connectivity index (χ2v) is 4.51. The number of hydrogen-bond donors (Lipinski definition) is 0. The van der Waals surface area contributed by atoms with E-state index < -0.39 is 0 Å². The smallest absolute Gasteiger partial charge is 0.305 e. The molecule has 0 radical (unpaired) electrons. The maximum absolute atomic E-state index is 11.1. The van der Waals surface area contributed by atoms with Crippen LogP contribution in [0, 0.1) is 0 Å². The number of ether oxygens (including phenoxy) is 1. The van der Waals surface area contributed by atoms with Crippen LogP contribution in [0.2, 0.25) is 0 Å². The molecule has 3 heteroatoms. The van der Waals surface area contributed by atoms with Gasteiger partial charge in [-0.25, -0.2) is 0 Å². The Hall–Kier alpha value is 0.200. The lowest BCUT2D eigenvalue weighted by Crippen LogP contribution is -2.05. The highest BCUT2D eigenvalue weighted by atomic mass is 127. The van der Waals surface area contributed by atoms with E-state index in [1.807, 2.05) is 0 Å². The average molecular weight is 312 g/mol. The van der Waals surface area contributed by atoms with Gasteiger partial charge in [0.25, 0.3) is 0 Å². The van der Waals surface area contributed by atoms with Crippen molar-refractivity contribution in [1.82, 2.24) is 0 Å². The van der Waals surface area contributed by atoms with Crippen LogP contribution in [0.3, 0.4) is 0 Å². The van der Waals surface area contributed by atoms with Crippen molar-refractivity contribution in [3.63, 3.8) is 0 Å². The quantitative estimate of drug-likeness (QED) is 0.281. The van der Waals surface area contributed by atoms with Crippen LogP contribution in [0.5, 0.6) is 0 Å². The predicted molar refractivity (Wildman–Crippen MR) is 67.8 cm³/mol. The van der Waals surface area contributed by atoms with Gasteiger partial charge in [0.2, 0.25) is 0 Å². The summed E-state index contributed by atoms with van der Waals surface area (Å²) in [5, 5.41) is 0. The topological polar surface area (TPSA) is 26.3 Å². The van der Waals surface area contributed by atoms with Gasteiger partial charge in [-0.15, -0.1) is 0 Å². The Balaban J connectivity index is 3.10. The van der Waals surface area contributed by atoms with Gasteiger partial charge in [-0.05, 0) is 23.7 Å². The molecule has 0 fully saturated rings. The van der Waals surface area contributed by atoms with Gasteiger partial charge in [-0.3, -0.25) is 4.79 Å². The molecule has 0 N–H and O–H groups in total. The molecule has 0 amide bonds. The molecule has 0 saturated heterocycles. The molecule has 0 aromatic carbocycles. The molecule has 0 rings (SSSR count). The van der Waals surface area contributed by atoms with Crippen molar-refractivity contribution in [3.05, 3.63) is 0 Å². The summed E-state index contributed by atoms with van der Waals surface area (Å²) >= 11 is 2.33. The highest BCUT2D eigenvalue weighted by Gasteiger charge is 2.01. The van der Waals surface area contributed by atoms with Crippen LogP contribution in [-0.4, -0.2) is 17.0 Å². The third-order valence-corrected chi connectivity index (χ3v) is 2.79. The third kappa shape index (κ3) is 10.3. The standard InChI is InChI=1S/C11H21IO2/c1-2-3-4-7-10-14-11(13)8-5-6-9-12/h2-10H2,1H3. The lowest BCUT2D eigenvalue weighted by Gasteiger charge is -2.03. The minimum Gasteiger partial charge on any atom is -0.466 e. The first-order valence-electron chi connectivity index (χ1n) is 5.52. The van der Waals surface area contributed by atoms with Gasteiger partial charge in [-0.1, -0.05) is 48.8 Å². The van der Waals surface area contributed by atoms with Crippen molar-refractivity contribution in [1.29, 1.82) is 0 Å². The number of rotatable bonds is 9. The van der Waals surface area contributed by atoms with Crippen molar-refractivity contribution in [3.8, 4) is 0 Å². The molecule has 0 bridgehead atoms. The molecular formula is C11H21IO2.